The van der Waals surface area contributed by atoms with Gasteiger partial charge in [-0.05, 0) is 11.1 Å². The fourth-order valence-electron chi connectivity index (χ4n) is 5.03. The molecule has 3 fully saturated rings. The topological polar surface area (TPSA) is 66.9 Å². The van der Waals surface area contributed by atoms with Crippen LogP contribution in [-0.4, -0.2) is 47.3 Å². The van der Waals surface area contributed by atoms with E-state index >= 15 is 0 Å². The maximum atomic E-state index is 13.0. The van der Waals surface area contributed by atoms with Gasteiger partial charge in [-0.25, -0.2) is 0 Å². The second-order valence-corrected chi connectivity index (χ2v) is 7.59. The fourth-order valence-corrected chi connectivity index (χ4v) is 5.03. The highest BCUT2D eigenvalue weighted by molar-refractivity contribution is 6.08. The summed E-state index contributed by atoms with van der Waals surface area (Å²) in [5.41, 5.74) is 1.95. The average molecular weight is 376 g/mol. The Morgan fingerprint density at radius 2 is 1.32 bits per heavy atom. The average Bonchev–Trinajstić information content (AvgIpc) is 3.19. The predicted molar refractivity (Wildman–Crippen MR) is 99.7 cm³/mol. The molecule has 0 bridgehead atoms. The number of nitrogens with zero attached hydrogens (tertiary/aromatic N) is 2. The van der Waals surface area contributed by atoms with Gasteiger partial charge in [0.1, 0.15) is 12.6 Å². The van der Waals surface area contributed by atoms with Gasteiger partial charge >= 0.3 is 5.97 Å². The second-order valence-electron chi connectivity index (χ2n) is 7.59. The van der Waals surface area contributed by atoms with Crippen LogP contribution < -0.4 is 0 Å². The molecule has 0 spiro atoms. The Kier molecular flexibility index (Phi) is 3.84. The normalized spacial score (nSPS) is 32.2. The van der Waals surface area contributed by atoms with E-state index in [4.69, 9.17) is 4.74 Å². The third-order valence-corrected chi connectivity index (χ3v) is 6.25. The number of cyclic esters (lactones) is 1. The van der Waals surface area contributed by atoms with E-state index in [1.807, 2.05) is 60.7 Å². The fraction of sp³-hybridized carbons (Fsp3) is 0.318. The Morgan fingerprint density at radius 3 is 1.93 bits per heavy atom. The number of likely N-dealkylation sites (tertiary alicyclic amines) is 1. The van der Waals surface area contributed by atoms with Gasteiger partial charge < -0.3 is 4.74 Å². The van der Waals surface area contributed by atoms with Gasteiger partial charge in [0.2, 0.25) is 11.8 Å². The molecule has 3 aliphatic heterocycles. The van der Waals surface area contributed by atoms with Crippen molar-refractivity contribution in [1.82, 2.24) is 9.80 Å². The molecule has 2 aromatic rings. The number of hydrogen-bond donors (Lipinski definition) is 0. The van der Waals surface area contributed by atoms with Crippen molar-refractivity contribution in [3.63, 3.8) is 0 Å². The van der Waals surface area contributed by atoms with Crippen molar-refractivity contribution in [2.75, 3.05) is 13.7 Å². The van der Waals surface area contributed by atoms with E-state index in [-0.39, 0.29) is 30.5 Å². The van der Waals surface area contributed by atoms with Gasteiger partial charge in [-0.15, -0.1) is 0 Å². The number of carbonyl (C=O) groups excluding carboxylic acids is 3. The van der Waals surface area contributed by atoms with E-state index in [1.165, 1.54) is 11.9 Å². The minimum atomic E-state index is -0.754. The van der Waals surface area contributed by atoms with E-state index in [2.05, 4.69) is 4.90 Å². The molecular formula is C22H20N2O4. The Labute approximate surface area is 162 Å². The molecule has 0 saturated carbocycles. The molecule has 0 aromatic heterocycles. The number of esters is 1. The summed E-state index contributed by atoms with van der Waals surface area (Å²) >= 11 is 0. The van der Waals surface area contributed by atoms with Gasteiger partial charge in [-0.1, -0.05) is 60.7 Å². The Hall–Kier alpha value is -2.99. The van der Waals surface area contributed by atoms with E-state index in [0.717, 1.165) is 11.1 Å². The Balaban J connectivity index is 1.69. The van der Waals surface area contributed by atoms with Crippen LogP contribution in [0.15, 0.2) is 60.7 Å². The third-order valence-electron chi connectivity index (χ3n) is 6.25. The minimum absolute atomic E-state index is 0.203. The summed E-state index contributed by atoms with van der Waals surface area (Å²) in [6, 6.07) is 18.2. The quantitative estimate of drug-likeness (QED) is 0.592. The summed E-state index contributed by atoms with van der Waals surface area (Å²) in [6.45, 7) is 0.209. The lowest BCUT2D eigenvalue weighted by Gasteiger charge is -2.41. The number of benzene rings is 2. The molecule has 0 unspecified atom stereocenters. The van der Waals surface area contributed by atoms with Gasteiger partial charge in [0.05, 0.1) is 17.9 Å². The first-order valence-corrected chi connectivity index (χ1v) is 9.45. The minimum Gasteiger partial charge on any atom is -0.462 e. The largest absolute Gasteiger partial charge is 0.462 e. The number of ether oxygens (including phenoxy) is 1. The summed E-state index contributed by atoms with van der Waals surface area (Å²) in [5, 5.41) is 0. The lowest BCUT2D eigenvalue weighted by molar-refractivity contribution is -0.166. The van der Waals surface area contributed by atoms with Crippen LogP contribution in [0.3, 0.4) is 0 Å². The zero-order valence-electron chi connectivity index (χ0n) is 15.4. The molecule has 142 valence electrons. The molecule has 0 N–H and O–H groups in total. The van der Waals surface area contributed by atoms with Crippen LogP contribution in [0.4, 0.5) is 0 Å². The van der Waals surface area contributed by atoms with E-state index in [9.17, 15) is 14.4 Å². The van der Waals surface area contributed by atoms with E-state index in [1.54, 1.807) is 0 Å². The van der Waals surface area contributed by atoms with Crippen molar-refractivity contribution in [1.29, 1.82) is 0 Å². The van der Waals surface area contributed by atoms with E-state index in [0.29, 0.717) is 0 Å². The molecule has 28 heavy (non-hydrogen) atoms. The van der Waals surface area contributed by atoms with Gasteiger partial charge in [-0.2, -0.15) is 0 Å². The standard InChI is InChI=1S/C22H20N2O4/c1-23-20(25)16-17(21(23)26)19-22(27)28-12-15(13-8-4-2-5-9-13)24(19)18(16)14-10-6-3-7-11-14/h2-11,15-19H,12H2,1H3/t15-,16-,17+,18+,19+/m0/s1. The predicted octanol–water partition coefficient (Wildman–Crippen LogP) is 1.94. The first-order chi connectivity index (χ1) is 13.6. The lowest BCUT2D eigenvalue weighted by Crippen LogP contribution is -2.52. The van der Waals surface area contributed by atoms with Gasteiger partial charge in [0.25, 0.3) is 0 Å². The number of hydrogen-bond acceptors (Lipinski definition) is 5. The van der Waals surface area contributed by atoms with Crippen LogP contribution in [0.25, 0.3) is 0 Å². The monoisotopic (exact) mass is 376 g/mol. The molecule has 6 nitrogen and oxygen atoms in total. The first kappa shape index (κ1) is 17.1. The molecule has 0 aliphatic carbocycles. The molecule has 5 atom stereocenters. The Morgan fingerprint density at radius 1 is 0.786 bits per heavy atom. The van der Waals surface area contributed by atoms with Crippen LogP contribution in [-0.2, 0) is 19.1 Å². The summed E-state index contributed by atoms with van der Waals surface area (Å²) < 4.78 is 5.51. The molecule has 6 heteroatoms. The van der Waals surface area contributed by atoms with Crippen molar-refractivity contribution in [2.24, 2.45) is 11.8 Å². The SMILES string of the molecule is CN1C(=O)[C@@H]2[C@H](C1=O)[C@@H](c1ccccc1)N1[C@H](c3ccccc3)COC(=O)[C@@H]21. The number of amides is 2. The van der Waals surface area contributed by atoms with Crippen molar-refractivity contribution in [3.8, 4) is 0 Å². The van der Waals surface area contributed by atoms with Crippen LogP contribution >= 0.6 is 0 Å². The molecular weight excluding hydrogens is 356 g/mol. The third kappa shape index (κ3) is 2.27. The van der Waals surface area contributed by atoms with Crippen LogP contribution in [0.2, 0.25) is 0 Å². The highest BCUT2D eigenvalue weighted by Crippen LogP contribution is 2.54. The van der Waals surface area contributed by atoms with Crippen LogP contribution in [0, 0.1) is 11.8 Å². The van der Waals surface area contributed by atoms with Crippen molar-refractivity contribution < 1.29 is 19.1 Å². The lowest BCUT2D eigenvalue weighted by atomic mass is 9.86. The van der Waals surface area contributed by atoms with Crippen LogP contribution in [0.5, 0.6) is 0 Å². The highest BCUT2D eigenvalue weighted by Gasteiger charge is 2.66. The molecule has 2 aromatic carbocycles. The Bertz CT molecular complexity index is 946. The maximum Gasteiger partial charge on any atom is 0.324 e. The number of morpholine rings is 1. The first-order valence-electron chi connectivity index (χ1n) is 9.45. The molecule has 5 rings (SSSR count). The summed E-state index contributed by atoms with van der Waals surface area (Å²) in [4.78, 5) is 41.9. The van der Waals surface area contributed by atoms with Crippen molar-refractivity contribution in [2.45, 2.75) is 18.1 Å². The molecule has 0 radical (unpaired) electrons. The van der Waals surface area contributed by atoms with Crippen LogP contribution in [0.1, 0.15) is 23.2 Å². The van der Waals surface area contributed by atoms with E-state index < -0.39 is 23.8 Å². The molecule has 3 heterocycles. The summed E-state index contributed by atoms with van der Waals surface area (Å²) in [7, 11) is 1.50. The molecule has 3 saturated heterocycles. The zero-order valence-corrected chi connectivity index (χ0v) is 15.4. The number of imide groups is 1. The molecule has 3 aliphatic rings. The van der Waals surface area contributed by atoms with Gasteiger partial charge in [0.15, 0.2) is 0 Å². The zero-order chi connectivity index (χ0) is 19.4. The van der Waals surface area contributed by atoms with Gasteiger partial charge in [0, 0.05) is 13.1 Å². The van der Waals surface area contributed by atoms with Crippen molar-refractivity contribution >= 4 is 17.8 Å². The number of rotatable bonds is 2. The highest BCUT2D eigenvalue weighted by atomic mass is 16.5. The second kappa shape index (κ2) is 6.27. The maximum absolute atomic E-state index is 13.0. The number of carbonyl (C=O) groups is 3. The molecule has 2 amide bonds. The summed E-state index contributed by atoms with van der Waals surface area (Å²) in [5.74, 6) is -2.23. The summed E-state index contributed by atoms with van der Waals surface area (Å²) in [6.07, 6.45) is 0. The van der Waals surface area contributed by atoms with Gasteiger partial charge in [-0.3, -0.25) is 24.2 Å². The number of fused-ring (bicyclic) bond motifs is 3. The smallest absolute Gasteiger partial charge is 0.324 e. The van der Waals surface area contributed by atoms with Crippen molar-refractivity contribution in [3.05, 3.63) is 71.8 Å².